The molecule has 0 saturated heterocycles. The zero-order chi connectivity index (χ0) is 25.2. The monoisotopic (exact) mass is 474 g/mol. The average Bonchev–Trinajstić information content (AvgIpc) is 2.86. The molecule has 3 aromatic carbocycles. The zero-order valence-corrected chi connectivity index (χ0v) is 20.6. The zero-order valence-electron chi connectivity index (χ0n) is 20.6. The fourth-order valence-corrected chi connectivity index (χ4v) is 4.15. The maximum atomic E-state index is 13.2. The van der Waals surface area contributed by atoms with Crippen LogP contribution in [0.15, 0.2) is 72.8 Å². The summed E-state index contributed by atoms with van der Waals surface area (Å²) in [5.41, 5.74) is 1.91. The third-order valence-corrected chi connectivity index (χ3v) is 5.96. The molecule has 0 aliphatic rings. The van der Waals surface area contributed by atoms with Gasteiger partial charge >= 0.3 is 5.97 Å². The molecule has 0 radical (unpaired) electrons. The molecule has 3 aromatic rings. The first-order chi connectivity index (χ1) is 16.9. The summed E-state index contributed by atoms with van der Waals surface area (Å²) >= 11 is 0. The molecule has 2 N–H and O–H groups in total. The molecule has 2 amide bonds. The number of methoxy groups -OCH3 is 1. The summed E-state index contributed by atoms with van der Waals surface area (Å²) in [7, 11) is 1.31. The highest BCUT2D eigenvalue weighted by Gasteiger charge is 2.28. The predicted molar refractivity (Wildman–Crippen MR) is 137 cm³/mol. The van der Waals surface area contributed by atoms with Crippen LogP contribution in [-0.2, 0) is 32.1 Å². The number of carbonyl (C=O) groups is 3. The second-order valence-electron chi connectivity index (χ2n) is 9.26. The molecular weight excluding hydrogens is 440 g/mol. The van der Waals surface area contributed by atoms with E-state index < -0.39 is 17.9 Å². The van der Waals surface area contributed by atoms with Gasteiger partial charge in [-0.05, 0) is 34.2 Å². The largest absolute Gasteiger partial charge is 0.469 e. The van der Waals surface area contributed by atoms with Crippen molar-refractivity contribution in [2.75, 3.05) is 7.11 Å². The van der Waals surface area contributed by atoms with Crippen molar-refractivity contribution in [1.29, 1.82) is 0 Å². The van der Waals surface area contributed by atoms with Crippen molar-refractivity contribution in [3.63, 3.8) is 0 Å². The van der Waals surface area contributed by atoms with Crippen molar-refractivity contribution in [3.8, 4) is 0 Å². The van der Waals surface area contributed by atoms with Gasteiger partial charge in [0, 0.05) is 18.9 Å². The molecule has 0 fully saturated rings. The lowest BCUT2D eigenvalue weighted by atomic mass is 9.92. The average molecular weight is 475 g/mol. The lowest BCUT2D eigenvalue weighted by Gasteiger charge is -2.23. The molecule has 0 saturated carbocycles. The fraction of sp³-hybridized carbons (Fsp3) is 0.345. The van der Waals surface area contributed by atoms with Crippen LogP contribution in [0.1, 0.15) is 37.8 Å². The number of hydrogen-bond donors (Lipinski definition) is 2. The van der Waals surface area contributed by atoms with E-state index in [1.165, 1.54) is 7.11 Å². The number of nitrogens with one attached hydrogen (secondary N) is 2. The summed E-state index contributed by atoms with van der Waals surface area (Å²) in [6, 6.07) is 22.9. The maximum Gasteiger partial charge on any atom is 0.306 e. The normalized spacial score (nSPS) is 12.7. The smallest absolute Gasteiger partial charge is 0.306 e. The molecule has 3 rings (SSSR count). The molecule has 0 spiro atoms. The first kappa shape index (κ1) is 25.9. The van der Waals surface area contributed by atoms with Gasteiger partial charge < -0.3 is 15.4 Å². The van der Waals surface area contributed by atoms with Gasteiger partial charge in [-0.1, -0.05) is 86.6 Å². The molecular formula is C29H34N2O4. The molecule has 0 heterocycles. The highest BCUT2D eigenvalue weighted by atomic mass is 16.5. The van der Waals surface area contributed by atoms with E-state index in [-0.39, 0.29) is 24.2 Å². The summed E-state index contributed by atoms with van der Waals surface area (Å²) in [5.74, 6) is -1.38. The van der Waals surface area contributed by atoms with Gasteiger partial charge in [0.15, 0.2) is 0 Å². The molecule has 6 nitrogen and oxygen atoms in total. The molecule has 184 valence electrons. The number of rotatable bonds is 11. The van der Waals surface area contributed by atoms with Crippen LogP contribution in [-0.4, -0.2) is 30.9 Å². The van der Waals surface area contributed by atoms with Crippen LogP contribution in [0.5, 0.6) is 0 Å². The Morgan fingerprint density at radius 3 is 2.20 bits per heavy atom. The third kappa shape index (κ3) is 7.95. The van der Waals surface area contributed by atoms with E-state index in [9.17, 15) is 14.4 Å². The Morgan fingerprint density at radius 1 is 0.829 bits per heavy atom. The van der Waals surface area contributed by atoms with Crippen LogP contribution in [0, 0.1) is 11.8 Å². The Hall–Kier alpha value is -3.67. The first-order valence-electron chi connectivity index (χ1n) is 12.0. The minimum absolute atomic E-state index is 0.0190. The summed E-state index contributed by atoms with van der Waals surface area (Å²) in [6.07, 6.45) is 0.841. The van der Waals surface area contributed by atoms with E-state index in [1.807, 2.05) is 86.6 Å². The van der Waals surface area contributed by atoms with E-state index in [2.05, 4.69) is 10.6 Å². The molecule has 0 aromatic heterocycles. The van der Waals surface area contributed by atoms with E-state index in [1.54, 1.807) is 0 Å². The van der Waals surface area contributed by atoms with E-state index in [0.717, 1.165) is 21.9 Å². The Labute approximate surface area is 207 Å². The van der Waals surface area contributed by atoms with Crippen molar-refractivity contribution >= 4 is 28.6 Å². The SMILES string of the molecule is COC(=O)C[C@H](CC(C)C)C(=O)N[C@@H](Cc1ccc2ccccc2c1)C(=O)NCc1ccccc1. The van der Waals surface area contributed by atoms with Crippen molar-refractivity contribution in [2.24, 2.45) is 11.8 Å². The van der Waals surface area contributed by atoms with Crippen molar-refractivity contribution in [3.05, 3.63) is 83.9 Å². The molecule has 35 heavy (non-hydrogen) atoms. The topological polar surface area (TPSA) is 84.5 Å². The van der Waals surface area contributed by atoms with Crippen molar-refractivity contribution < 1.29 is 19.1 Å². The third-order valence-electron chi connectivity index (χ3n) is 5.96. The molecule has 0 bridgehead atoms. The molecule has 2 atom stereocenters. The van der Waals surface area contributed by atoms with Gasteiger partial charge in [-0.15, -0.1) is 0 Å². The van der Waals surface area contributed by atoms with E-state index in [0.29, 0.717) is 19.4 Å². The van der Waals surface area contributed by atoms with Gasteiger partial charge in [-0.2, -0.15) is 0 Å². The Kier molecular flexibility index (Phi) is 9.41. The van der Waals surface area contributed by atoms with Gasteiger partial charge in [-0.25, -0.2) is 0 Å². The quantitative estimate of drug-likeness (QED) is 0.403. The highest BCUT2D eigenvalue weighted by Crippen LogP contribution is 2.19. The van der Waals surface area contributed by atoms with Crippen LogP contribution < -0.4 is 10.6 Å². The maximum absolute atomic E-state index is 13.2. The van der Waals surface area contributed by atoms with Crippen molar-refractivity contribution in [2.45, 2.75) is 45.7 Å². The van der Waals surface area contributed by atoms with Crippen molar-refractivity contribution in [1.82, 2.24) is 10.6 Å². The van der Waals surface area contributed by atoms with E-state index in [4.69, 9.17) is 4.74 Å². The Bertz CT molecular complexity index is 1140. The number of ether oxygens (including phenoxy) is 1. The Morgan fingerprint density at radius 2 is 1.51 bits per heavy atom. The highest BCUT2D eigenvalue weighted by molar-refractivity contribution is 5.90. The van der Waals surface area contributed by atoms with Crippen LogP contribution >= 0.6 is 0 Å². The number of benzene rings is 3. The number of carbonyl (C=O) groups excluding carboxylic acids is 3. The van der Waals surface area contributed by atoms with Gasteiger partial charge in [-0.3, -0.25) is 14.4 Å². The standard InChI is InChI=1S/C29H34N2O4/c1-20(2)15-25(18-27(32)35-3)28(33)31-26(29(34)30-19-21-9-5-4-6-10-21)17-22-13-14-23-11-7-8-12-24(23)16-22/h4-14,16,20,25-26H,15,17-19H2,1-3H3,(H,30,34)(H,31,33)/t25-,26-/m0/s1. The van der Waals surface area contributed by atoms with Crippen LogP contribution in [0.2, 0.25) is 0 Å². The first-order valence-corrected chi connectivity index (χ1v) is 12.0. The number of esters is 1. The lowest BCUT2D eigenvalue weighted by Crippen LogP contribution is -2.49. The molecule has 6 heteroatoms. The second-order valence-corrected chi connectivity index (χ2v) is 9.26. The minimum atomic E-state index is -0.778. The fourth-order valence-electron chi connectivity index (χ4n) is 4.15. The van der Waals surface area contributed by atoms with Gasteiger partial charge in [0.05, 0.1) is 13.5 Å². The summed E-state index contributed by atoms with van der Waals surface area (Å²) < 4.78 is 4.79. The second kappa shape index (κ2) is 12.7. The van der Waals surface area contributed by atoms with Crippen LogP contribution in [0.3, 0.4) is 0 Å². The van der Waals surface area contributed by atoms with Crippen LogP contribution in [0.4, 0.5) is 0 Å². The molecule has 0 unspecified atom stereocenters. The predicted octanol–water partition coefficient (Wildman–Crippen LogP) is 4.41. The van der Waals surface area contributed by atoms with Gasteiger partial charge in [0.1, 0.15) is 6.04 Å². The number of hydrogen-bond acceptors (Lipinski definition) is 4. The molecule has 0 aliphatic heterocycles. The summed E-state index contributed by atoms with van der Waals surface area (Å²) in [5, 5.41) is 8.06. The van der Waals surface area contributed by atoms with Gasteiger partial charge in [0.25, 0.3) is 0 Å². The molecule has 0 aliphatic carbocycles. The number of amides is 2. The number of fused-ring (bicyclic) bond motifs is 1. The van der Waals surface area contributed by atoms with Crippen LogP contribution in [0.25, 0.3) is 10.8 Å². The Balaban J connectivity index is 1.79. The van der Waals surface area contributed by atoms with Gasteiger partial charge in [0.2, 0.25) is 11.8 Å². The summed E-state index contributed by atoms with van der Waals surface area (Å²) in [4.78, 5) is 38.4. The van der Waals surface area contributed by atoms with E-state index >= 15 is 0 Å². The lowest BCUT2D eigenvalue weighted by molar-refractivity contribution is -0.144. The summed E-state index contributed by atoms with van der Waals surface area (Å²) in [6.45, 7) is 4.36. The minimum Gasteiger partial charge on any atom is -0.469 e.